The van der Waals surface area contributed by atoms with Gasteiger partial charge in [-0.05, 0) is 43.9 Å². The summed E-state index contributed by atoms with van der Waals surface area (Å²) in [5, 5.41) is 12.2. The van der Waals surface area contributed by atoms with Crippen molar-refractivity contribution in [2.45, 2.75) is 52.0 Å². The third-order valence-corrected chi connectivity index (χ3v) is 4.47. The van der Waals surface area contributed by atoms with Gasteiger partial charge in [-0.25, -0.2) is 0 Å². The zero-order valence-corrected chi connectivity index (χ0v) is 13.0. The van der Waals surface area contributed by atoms with Crippen LogP contribution in [-0.4, -0.2) is 48.2 Å². The summed E-state index contributed by atoms with van der Waals surface area (Å²) in [5.41, 5.74) is 0. The van der Waals surface area contributed by atoms with Crippen LogP contribution in [0.1, 0.15) is 46.0 Å². The monoisotopic (exact) mass is 282 g/mol. The number of carbonyl (C=O) groups is 1. The lowest BCUT2D eigenvalue weighted by atomic mass is 9.90. The van der Waals surface area contributed by atoms with E-state index >= 15 is 0 Å². The van der Waals surface area contributed by atoms with Gasteiger partial charge in [0.2, 0.25) is 5.91 Å². The van der Waals surface area contributed by atoms with Crippen LogP contribution < -0.4 is 5.32 Å². The maximum Gasteiger partial charge on any atom is 0.222 e. The molecule has 1 aliphatic heterocycles. The van der Waals surface area contributed by atoms with Gasteiger partial charge in [0.15, 0.2) is 0 Å². The Kier molecular flexibility index (Phi) is 5.85. The first-order chi connectivity index (χ1) is 9.58. The Morgan fingerprint density at radius 2 is 2.05 bits per heavy atom. The second-order valence-electron chi connectivity index (χ2n) is 6.99. The van der Waals surface area contributed by atoms with Crippen LogP contribution in [0.2, 0.25) is 0 Å². The summed E-state index contributed by atoms with van der Waals surface area (Å²) in [6.07, 6.45) is 5.78. The van der Waals surface area contributed by atoms with Crippen LogP contribution in [0.15, 0.2) is 0 Å². The average Bonchev–Trinajstić information content (AvgIpc) is 3.20. The number of likely N-dealkylation sites (tertiary alicyclic amines) is 1. The standard InChI is InChI=1S/C16H30N2O2/c1-12(2)16(20)17-15-8-14(4-3-7-19)10-18(11-15)9-13-5-6-13/h12-15,19H,3-11H2,1-2H3,(H,17,20). The lowest BCUT2D eigenvalue weighted by Gasteiger charge is -2.38. The van der Waals surface area contributed by atoms with E-state index in [0.29, 0.717) is 12.0 Å². The Labute approximate surface area is 122 Å². The van der Waals surface area contributed by atoms with E-state index in [-0.39, 0.29) is 18.4 Å². The van der Waals surface area contributed by atoms with Crippen molar-refractivity contribution in [2.75, 3.05) is 26.2 Å². The van der Waals surface area contributed by atoms with Crippen LogP contribution in [-0.2, 0) is 4.79 Å². The number of nitrogens with zero attached hydrogens (tertiary/aromatic N) is 1. The Balaban J connectivity index is 1.86. The number of rotatable bonds is 7. The van der Waals surface area contributed by atoms with Gasteiger partial charge in [-0.15, -0.1) is 0 Å². The molecule has 1 amide bonds. The van der Waals surface area contributed by atoms with E-state index < -0.39 is 0 Å². The first-order valence-electron chi connectivity index (χ1n) is 8.22. The van der Waals surface area contributed by atoms with E-state index in [4.69, 9.17) is 5.11 Å². The molecule has 2 rings (SSSR count). The summed E-state index contributed by atoms with van der Waals surface area (Å²) >= 11 is 0. The highest BCUT2D eigenvalue weighted by Gasteiger charge is 2.32. The van der Waals surface area contributed by atoms with Gasteiger partial charge >= 0.3 is 0 Å². The van der Waals surface area contributed by atoms with E-state index in [1.165, 1.54) is 19.4 Å². The zero-order valence-electron chi connectivity index (χ0n) is 13.0. The molecule has 116 valence electrons. The number of piperidine rings is 1. The van der Waals surface area contributed by atoms with Gasteiger partial charge in [0, 0.05) is 38.2 Å². The van der Waals surface area contributed by atoms with Gasteiger partial charge in [-0.2, -0.15) is 0 Å². The Bertz CT molecular complexity index is 316. The Hall–Kier alpha value is -0.610. The summed E-state index contributed by atoms with van der Waals surface area (Å²) < 4.78 is 0. The second kappa shape index (κ2) is 7.41. The first kappa shape index (κ1) is 15.8. The largest absolute Gasteiger partial charge is 0.396 e. The molecule has 0 spiro atoms. The van der Waals surface area contributed by atoms with Gasteiger partial charge < -0.3 is 15.3 Å². The molecule has 4 nitrogen and oxygen atoms in total. The first-order valence-corrected chi connectivity index (χ1v) is 8.22. The minimum atomic E-state index is 0.0599. The molecule has 0 aromatic heterocycles. The molecule has 2 fully saturated rings. The van der Waals surface area contributed by atoms with Crippen molar-refractivity contribution in [3.63, 3.8) is 0 Å². The molecule has 4 heteroatoms. The molecule has 1 heterocycles. The molecule has 1 saturated carbocycles. The minimum absolute atomic E-state index is 0.0599. The van der Waals surface area contributed by atoms with E-state index in [1.807, 2.05) is 13.8 Å². The highest BCUT2D eigenvalue weighted by molar-refractivity contribution is 5.78. The van der Waals surface area contributed by atoms with Crippen LogP contribution in [0.4, 0.5) is 0 Å². The highest BCUT2D eigenvalue weighted by atomic mass is 16.2. The number of aliphatic hydroxyl groups excluding tert-OH is 1. The molecule has 1 saturated heterocycles. The highest BCUT2D eigenvalue weighted by Crippen LogP contribution is 2.32. The van der Waals surface area contributed by atoms with Gasteiger partial charge in [0.05, 0.1) is 0 Å². The maximum atomic E-state index is 11.9. The molecule has 2 atom stereocenters. The summed E-state index contributed by atoms with van der Waals surface area (Å²) in [5.74, 6) is 1.74. The van der Waals surface area contributed by atoms with E-state index in [2.05, 4.69) is 10.2 Å². The van der Waals surface area contributed by atoms with Crippen molar-refractivity contribution in [1.82, 2.24) is 10.2 Å². The topological polar surface area (TPSA) is 52.6 Å². The van der Waals surface area contributed by atoms with Crippen LogP contribution in [0.5, 0.6) is 0 Å². The van der Waals surface area contributed by atoms with Crippen LogP contribution in [0, 0.1) is 17.8 Å². The fourth-order valence-corrected chi connectivity index (χ4v) is 3.18. The molecule has 0 radical (unpaired) electrons. The van der Waals surface area contributed by atoms with Crippen molar-refractivity contribution in [1.29, 1.82) is 0 Å². The number of carbonyl (C=O) groups excluding carboxylic acids is 1. The number of aliphatic hydroxyl groups is 1. The predicted molar refractivity (Wildman–Crippen MR) is 80.4 cm³/mol. The van der Waals surface area contributed by atoms with Gasteiger partial charge in [0.1, 0.15) is 0 Å². The molecule has 0 bridgehead atoms. The molecule has 2 N–H and O–H groups in total. The molecule has 1 aliphatic carbocycles. The van der Waals surface area contributed by atoms with E-state index in [1.54, 1.807) is 0 Å². The van der Waals surface area contributed by atoms with Crippen molar-refractivity contribution in [3.8, 4) is 0 Å². The fraction of sp³-hybridized carbons (Fsp3) is 0.938. The van der Waals surface area contributed by atoms with Crippen molar-refractivity contribution < 1.29 is 9.90 Å². The molecule has 0 aromatic rings. The zero-order chi connectivity index (χ0) is 14.5. The van der Waals surface area contributed by atoms with E-state index in [9.17, 15) is 4.79 Å². The van der Waals surface area contributed by atoms with Crippen LogP contribution in [0.25, 0.3) is 0 Å². The summed E-state index contributed by atoms with van der Waals surface area (Å²) in [6.45, 7) is 7.52. The minimum Gasteiger partial charge on any atom is -0.396 e. The number of nitrogens with one attached hydrogen (secondary N) is 1. The molecular formula is C16H30N2O2. The van der Waals surface area contributed by atoms with Gasteiger partial charge in [0.25, 0.3) is 0 Å². The number of hydrogen-bond donors (Lipinski definition) is 2. The quantitative estimate of drug-likeness (QED) is 0.746. The van der Waals surface area contributed by atoms with Gasteiger partial charge in [-0.3, -0.25) is 4.79 Å². The lowest BCUT2D eigenvalue weighted by molar-refractivity contribution is -0.125. The summed E-state index contributed by atoms with van der Waals surface area (Å²) in [7, 11) is 0. The molecule has 0 aromatic carbocycles. The van der Waals surface area contributed by atoms with Gasteiger partial charge in [-0.1, -0.05) is 13.8 Å². The summed E-state index contributed by atoms with van der Waals surface area (Å²) in [6, 6.07) is 0.293. The number of hydrogen-bond acceptors (Lipinski definition) is 3. The number of amides is 1. The molecule has 20 heavy (non-hydrogen) atoms. The fourth-order valence-electron chi connectivity index (χ4n) is 3.18. The average molecular weight is 282 g/mol. The van der Waals surface area contributed by atoms with Crippen molar-refractivity contribution in [3.05, 3.63) is 0 Å². The third-order valence-electron chi connectivity index (χ3n) is 4.47. The predicted octanol–water partition coefficient (Wildman–Crippen LogP) is 1.63. The SMILES string of the molecule is CC(C)C(=O)NC1CC(CCCO)CN(CC2CC2)C1. The Morgan fingerprint density at radius 1 is 1.30 bits per heavy atom. The molecular weight excluding hydrogens is 252 g/mol. The van der Waals surface area contributed by atoms with Crippen molar-refractivity contribution >= 4 is 5.91 Å². The normalized spacial score (nSPS) is 27.8. The summed E-state index contributed by atoms with van der Waals surface area (Å²) in [4.78, 5) is 14.4. The molecule has 2 unspecified atom stereocenters. The van der Waals surface area contributed by atoms with E-state index in [0.717, 1.165) is 38.3 Å². The maximum absolute atomic E-state index is 11.9. The van der Waals surface area contributed by atoms with Crippen LogP contribution in [0.3, 0.4) is 0 Å². The smallest absolute Gasteiger partial charge is 0.222 e. The third kappa shape index (κ3) is 5.06. The lowest BCUT2D eigenvalue weighted by Crippen LogP contribution is -2.52. The second-order valence-corrected chi connectivity index (χ2v) is 6.99. The molecule has 2 aliphatic rings. The van der Waals surface area contributed by atoms with Crippen LogP contribution >= 0.6 is 0 Å². The Morgan fingerprint density at radius 3 is 2.65 bits per heavy atom. The van der Waals surface area contributed by atoms with Crippen molar-refractivity contribution in [2.24, 2.45) is 17.8 Å².